The lowest BCUT2D eigenvalue weighted by atomic mass is 9.86. The quantitative estimate of drug-likeness (QED) is 0.290. The van der Waals surface area contributed by atoms with Crippen molar-refractivity contribution in [2.45, 2.75) is 16.8 Å². The smallest absolute Gasteiger partial charge is 0.264 e. The monoisotopic (exact) mass is 310 g/mol. The lowest BCUT2D eigenvalue weighted by Crippen LogP contribution is -2.56. The summed E-state index contributed by atoms with van der Waals surface area (Å²) in [4.78, 5) is 22.5. The minimum absolute atomic E-state index is 0.334. The lowest BCUT2D eigenvalue weighted by molar-refractivity contribution is -0.149. The van der Waals surface area contributed by atoms with Gasteiger partial charge in [0.05, 0.1) is 5.03 Å². The van der Waals surface area contributed by atoms with Crippen molar-refractivity contribution in [3.05, 3.63) is 22.8 Å². The Hall–Kier alpha value is -1.12. The van der Waals surface area contributed by atoms with E-state index in [9.17, 15) is 19.8 Å². The lowest BCUT2D eigenvalue weighted by Gasteiger charge is -2.34. The van der Waals surface area contributed by atoms with Gasteiger partial charge in [0, 0.05) is 12.7 Å². The number of alkyl halides is 1. The van der Waals surface area contributed by atoms with Gasteiger partial charge in [-0.25, -0.2) is 0 Å². The predicted octanol–water partition coefficient (Wildman–Crippen LogP) is -1.31. The molecule has 19 heavy (non-hydrogen) atoms. The third kappa shape index (κ3) is 2.35. The molecule has 6 N–H and O–H groups in total. The summed E-state index contributed by atoms with van der Waals surface area (Å²) in [5.41, 5.74) is 6.80. The van der Waals surface area contributed by atoms with E-state index in [4.69, 9.17) is 39.4 Å². The average Bonchev–Trinajstić information content (AvgIpc) is 2.33. The Morgan fingerprint density at radius 2 is 1.95 bits per heavy atom. The van der Waals surface area contributed by atoms with Gasteiger partial charge in [-0.1, -0.05) is 17.7 Å². The van der Waals surface area contributed by atoms with E-state index >= 15 is 0 Å². The zero-order chi connectivity index (χ0) is 15.0. The van der Waals surface area contributed by atoms with Crippen molar-refractivity contribution in [1.29, 1.82) is 0 Å². The summed E-state index contributed by atoms with van der Waals surface area (Å²) in [6.45, 7) is 0. The van der Waals surface area contributed by atoms with Crippen molar-refractivity contribution < 1.29 is 24.5 Å². The number of halogens is 2. The third-order valence-electron chi connectivity index (χ3n) is 2.77. The molecule has 2 unspecified atom stereocenters. The minimum atomic E-state index is -2.78. The molecule has 0 aromatic heterocycles. The number of rotatable bonds is 4. The van der Waals surface area contributed by atoms with E-state index in [0.29, 0.717) is 0 Å². The second-order valence-corrected chi connectivity index (χ2v) is 4.73. The SMILES string of the molecule is COC1(O)C(Cl)=CC(C(O)(C(N)=O)C(N)=O)=CC1Cl. The molecule has 7 nitrogen and oxygen atoms in total. The molecule has 0 spiro atoms. The van der Waals surface area contributed by atoms with E-state index in [1.54, 1.807) is 0 Å². The number of primary amides is 2. The molecule has 2 atom stereocenters. The molecule has 2 amide bonds. The van der Waals surface area contributed by atoms with Crippen molar-refractivity contribution in [3.63, 3.8) is 0 Å². The summed E-state index contributed by atoms with van der Waals surface area (Å²) >= 11 is 11.6. The first kappa shape index (κ1) is 15.9. The number of carbonyl (C=O) groups excluding carboxylic acids is 2. The first-order valence-corrected chi connectivity index (χ1v) is 5.75. The Labute approximate surface area is 118 Å². The Bertz CT molecular complexity index is 476. The summed E-state index contributed by atoms with van der Waals surface area (Å²) in [6.07, 6.45) is 1.95. The van der Waals surface area contributed by atoms with E-state index in [0.717, 1.165) is 19.3 Å². The Morgan fingerprint density at radius 1 is 1.47 bits per heavy atom. The summed E-state index contributed by atoms with van der Waals surface area (Å²) < 4.78 is 4.75. The van der Waals surface area contributed by atoms with Crippen molar-refractivity contribution >= 4 is 35.0 Å². The third-order valence-corrected chi connectivity index (χ3v) is 3.57. The molecule has 0 fully saturated rings. The van der Waals surface area contributed by atoms with Gasteiger partial charge in [-0.15, -0.1) is 11.6 Å². The van der Waals surface area contributed by atoms with E-state index < -0.39 is 28.6 Å². The Kier molecular flexibility index (Phi) is 4.28. The van der Waals surface area contributed by atoms with E-state index in [2.05, 4.69) is 0 Å². The first-order valence-electron chi connectivity index (χ1n) is 4.94. The zero-order valence-electron chi connectivity index (χ0n) is 9.76. The Morgan fingerprint density at radius 3 is 2.26 bits per heavy atom. The molecule has 9 heteroatoms. The largest absolute Gasteiger partial charge is 0.368 e. The summed E-state index contributed by atoms with van der Waals surface area (Å²) in [5.74, 6) is -4.82. The molecule has 0 saturated carbocycles. The molecule has 0 saturated heterocycles. The first-order chi connectivity index (χ1) is 8.60. The molecular formula is C10H12Cl2N2O5. The van der Waals surface area contributed by atoms with Crippen LogP contribution in [-0.2, 0) is 14.3 Å². The summed E-state index contributed by atoms with van der Waals surface area (Å²) in [5, 5.41) is 18.3. The van der Waals surface area contributed by atoms with Crippen LogP contribution in [0.3, 0.4) is 0 Å². The molecule has 0 aliphatic heterocycles. The molecule has 0 aromatic rings. The summed E-state index contributed by atoms with van der Waals surface area (Å²) in [6, 6.07) is 0. The topological polar surface area (TPSA) is 136 Å². The average molecular weight is 311 g/mol. The maximum Gasteiger partial charge on any atom is 0.264 e. The number of methoxy groups -OCH3 is 1. The fourth-order valence-corrected chi connectivity index (χ4v) is 2.24. The molecule has 0 bridgehead atoms. The molecule has 0 heterocycles. The predicted molar refractivity (Wildman–Crippen MR) is 67.0 cm³/mol. The number of nitrogens with two attached hydrogens (primary N) is 2. The molecule has 0 aromatic carbocycles. The standard InChI is InChI=1S/C10H12Cl2N2O5/c1-19-10(18)5(11)2-4(3-6(10)12)9(17,7(13)15)8(14)16/h2-3,5,17-18H,1H3,(H2,13,15)(H2,14,16). The van der Waals surface area contributed by atoms with Gasteiger partial charge >= 0.3 is 0 Å². The van der Waals surface area contributed by atoms with Gasteiger partial charge in [-0.05, 0) is 6.08 Å². The number of hydrogen-bond donors (Lipinski definition) is 4. The fraction of sp³-hybridized carbons (Fsp3) is 0.400. The highest BCUT2D eigenvalue weighted by Gasteiger charge is 2.49. The second kappa shape index (κ2) is 5.10. The van der Waals surface area contributed by atoms with Crippen LogP contribution in [0.1, 0.15) is 0 Å². The van der Waals surface area contributed by atoms with Gasteiger partial charge in [-0.2, -0.15) is 0 Å². The highest BCUT2D eigenvalue weighted by Crippen LogP contribution is 2.38. The maximum absolute atomic E-state index is 11.2. The van der Waals surface area contributed by atoms with Gasteiger partial charge < -0.3 is 26.4 Å². The fourth-order valence-electron chi connectivity index (χ4n) is 1.53. The van der Waals surface area contributed by atoms with Gasteiger partial charge in [0.2, 0.25) is 11.4 Å². The van der Waals surface area contributed by atoms with Crippen LogP contribution in [0.4, 0.5) is 0 Å². The normalized spacial score (nSPS) is 27.5. The maximum atomic E-state index is 11.2. The van der Waals surface area contributed by atoms with Crippen LogP contribution in [0.2, 0.25) is 0 Å². The van der Waals surface area contributed by atoms with Crippen molar-refractivity contribution in [1.82, 2.24) is 0 Å². The van der Waals surface area contributed by atoms with Crippen molar-refractivity contribution in [3.8, 4) is 0 Å². The van der Waals surface area contributed by atoms with Gasteiger partial charge in [0.15, 0.2) is 0 Å². The van der Waals surface area contributed by atoms with Crippen LogP contribution in [0.5, 0.6) is 0 Å². The number of amides is 2. The molecule has 1 aliphatic rings. The van der Waals surface area contributed by atoms with E-state index in [-0.39, 0.29) is 10.6 Å². The minimum Gasteiger partial charge on any atom is -0.368 e. The van der Waals surface area contributed by atoms with Crippen LogP contribution in [0.25, 0.3) is 0 Å². The highest BCUT2D eigenvalue weighted by atomic mass is 35.5. The molecule has 1 rings (SSSR count). The molecule has 106 valence electrons. The number of carbonyl (C=O) groups is 2. The van der Waals surface area contributed by atoms with Gasteiger partial charge in [0.25, 0.3) is 11.8 Å². The Balaban J connectivity index is 3.36. The van der Waals surface area contributed by atoms with Crippen LogP contribution in [0.15, 0.2) is 22.8 Å². The highest BCUT2D eigenvalue weighted by molar-refractivity contribution is 6.33. The van der Waals surface area contributed by atoms with Crippen LogP contribution in [-0.4, -0.2) is 45.9 Å². The molecule has 1 aliphatic carbocycles. The van der Waals surface area contributed by atoms with Gasteiger partial charge in [0.1, 0.15) is 5.38 Å². The number of ether oxygens (including phenoxy) is 1. The van der Waals surface area contributed by atoms with E-state index in [1.807, 2.05) is 0 Å². The van der Waals surface area contributed by atoms with Gasteiger partial charge in [-0.3, -0.25) is 9.59 Å². The van der Waals surface area contributed by atoms with Crippen LogP contribution < -0.4 is 11.5 Å². The molecular weight excluding hydrogens is 299 g/mol. The number of aliphatic hydroxyl groups is 2. The van der Waals surface area contributed by atoms with Crippen molar-refractivity contribution in [2.75, 3.05) is 7.11 Å². The number of hydrogen-bond acceptors (Lipinski definition) is 5. The van der Waals surface area contributed by atoms with Crippen LogP contribution >= 0.6 is 23.2 Å². The van der Waals surface area contributed by atoms with Crippen molar-refractivity contribution in [2.24, 2.45) is 11.5 Å². The second-order valence-electron chi connectivity index (χ2n) is 3.86. The van der Waals surface area contributed by atoms with Crippen LogP contribution in [0, 0.1) is 0 Å². The molecule has 0 radical (unpaired) electrons. The zero-order valence-corrected chi connectivity index (χ0v) is 11.3. The summed E-state index contributed by atoms with van der Waals surface area (Å²) in [7, 11) is 1.15. The van der Waals surface area contributed by atoms with E-state index in [1.165, 1.54) is 0 Å².